The zero-order chi connectivity index (χ0) is 14.7. The maximum atomic E-state index is 12.0. The molecule has 1 amide bonds. The summed E-state index contributed by atoms with van der Waals surface area (Å²) in [7, 11) is 0. The molecule has 0 spiro atoms. The Bertz CT molecular complexity index is 515. The van der Waals surface area contributed by atoms with E-state index in [1.807, 2.05) is 0 Å². The molecule has 1 aliphatic heterocycles. The fraction of sp³-hybridized carbons (Fsp3) is 0.385. The first-order valence-electron chi connectivity index (χ1n) is 6.08. The third kappa shape index (κ3) is 3.55. The van der Waals surface area contributed by atoms with E-state index in [0.717, 1.165) is 0 Å². The van der Waals surface area contributed by atoms with Crippen LogP contribution >= 0.6 is 23.2 Å². The lowest BCUT2D eigenvalue weighted by Gasteiger charge is -2.21. The van der Waals surface area contributed by atoms with Crippen LogP contribution in [0.15, 0.2) is 18.2 Å². The summed E-state index contributed by atoms with van der Waals surface area (Å²) in [5, 5.41) is 9.83. The van der Waals surface area contributed by atoms with E-state index in [1.54, 1.807) is 18.2 Å². The van der Waals surface area contributed by atoms with Gasteiger partial charge in [-0.3, -0.25) is 4.79 Å². The van der Waals surface area contributed by atoms with Crippen molar-refractivity contribution in [3.8, 4) is 5.75 Å². The first-order chi connectivity index (χ1) is 9.47. The SMILES string of the molecule is O=C(O)[C@@H]1CCCN1C(=O)COc1cc(Cl)cc(Cl)c1. The van der Waals surface area contributed by atoms with Crippen molar-refractivity contribution in [2.24, 2.45) is 0 Å². The minimum atomic E-state index is -0.985. The maximum absolute atomic E-state index is 12.0. The Labute approximate surface area is 126 Å². The van der Waals surface area contributed by atoms with Crippen molar-refractivity contribution in [2.75, 3.05) is 13.2 Å². The van der Waals surface area contributed by atoms with Crippen molar-refractivity contribution in [1.82, 2.24) is 4.90 Å². The Kier molecular flexibility index (Phi) is 4.73. The molecule has 1 N–H and O–H groups in total. The van der Waals surface area contributed by atoms with E-state index in [2.05, 4.69) is 0 Å². The van der Waals surface area contributed by atoms with Crippen LogP contribution in [0.4, 0.5) is 0 Å². The molecule has 0 unspecified atom stereocenters. The number of likely N-dealkylation sites (tertiary alicyclic amines) is 1. The summed E-state index contributed by atoms with van der Waals surface area (Å²) in [5.41, 5.74) is 0. The lowest BCUT2D eigenvalue weighted by molar-refractivity contribution is -0.148. The number of carboxylic acid groups (broad SMARTS) is 1. The second-order valence-electron chi connectivity index (χ2n) is 4.48. The van der Waals surface area contributed by atoms with E-state index < -0.39 is 12.0 Å². The van der Waals surface area contributed by atoms with Crippen molar-refractivity contribution >= 4 is 35.1 Å². The number of benzene rings is 1. The summed E-state index contributed by atoms with van der Waals surface area (Å²) in [6, 6.07) is 3.88. The summed E-state index contributed by atoms with van der Waals surface area (Å²) in [6.07, 6.45) is 1.16. The number of amides is 1. The Morgan fingerprint density at radius 3 is 2.55 bits per heavy atom. The predicted molar refractivity (Wildman–Crippen MR) is 74.3 cm³/mol. The number of aliphatic carboxylic acids is 1. The third-order valence-corrected chi connectivity index (χ3v) is 3.49. The first kappa shape index (κ1) is 14.9. The molecule has 0 bridgehead atoms. The summed E-state index contributed by atoms with van der Waals surface area (Å²) >= 11 is 11.6. The standard InChI is InChI=1S/C13H13Cl2NO4/c14-8-4-9(15)6-10(5-8)20-7-12(17)16-3-1-2-11(16)13(18)19/h4-6,11H,1-3,7H2,(H,18,19)/t11-/m0/s1. The second-order valence-corrected chi connectivity index (χ2v) is 5.35. The van der Waals surface area contributed by atoms with Crippen LogP contribution in [0.25, 0.3) is 0 Å². The number of hydrogen-bond donors (Lipinski definition) is 1. The van der Waals surface area contributed by atoms with E-state index in [-0.39, 0.29) is 12.5 Å². The van der Waals surface area contributed by atoms with Gasteiger partial charge in [-0.2, -0.15) is 0 Å². The van der Waals surface area contributed by atoms with Crippen LogP contribution < -0.4 is 4.74 Å². The number of carboxylic acids is 1. The number of hydrogen-bond acceptors (Lipinski definition) is 3. The molecule has 20 heavy (non-hydrogen) atoms. The number of carbonyl (C=O) groups excluding carboxylic acids is 1. The van der Waals surface area contributed by atoms with Crippen LogP contribution in [-0.4, -0.2) is 41.1 Å². The molecule has 1 aliphatic rings. The van der Waals surface area contributed by atoms with Gasteiger partial charge in [-0.15, -0.1) is 0 Å². The molecule has 0 aromatic heterocycles. The summed E-state index contributed by atoms with van der Waals surface area (Å²) in [4.78, 5) is 24.3. The molecule has 1 heterocycles. The average molecular weight is 318 g/mol. The zero-order valence-electron chi connectivity index (χ0n) is 10.5. The molecule has 1 aromatic rings. The molecule has 0 radical (unpaired) electrons. The smallest absolute Gasteiger partial charge is 0.326 e. The molecule has 0 saturated carbocycles. The number of ether oxygens (including phenoxy) is 1. The first-order valence-corrected chi connectivity index (χ1v) is 6.84. The zero-order valence-corrected chi connectivity index (χ0v) is 12.0. The highest BCUT2D eigenvalue weighted by Gasteiger charge is 2.33. The monoisotopic (exact) mass is 317 g/mol. The Hall–Kier alpha value is -1.46. The van der Waals surface area contributed by atoms with Gasteiger partial charge in [-0.05, 0) is 31.0 Å². The topological polar surface area (TPSA) is 66.8 Å². The van der Waals surface area contributed by atoms with Crippen molar-refractivity contribution < 1.29 is 19.4 Å². The van der Waals surface area contributed by atoms with E-state index in [0.29, 0.717) is 35.2 Å². The Morgan fingerprint density at radius 2 is 1.95 bits per heavy atom. The molecule has 1 fully saturated rings. The van der Waals surface area contributed by atoms with Crippen LogP contribution in [0.3, 0.4) is 0 Å². The lowest BCUT2D eigenvalue weighted by Crippen LogP contribution is -2.42. The van der Waals surface area contributed by atoms with Crippen molar-refractivity contribution in [3.05, 3.63) is 28.2 Å². The molecule has 108 valence electrons. The third-order valence-electron chi connectivity index (χ3n) is 3.06. The van der Waals surface area contributed by atoms with Crippen LogP contribution in [0.2, 0.25) is 10.0 Å². The number of halogens is 2. The quantitative estimate of drug-likeness (QED) is 0.926. The molecule has 5 nitrogen and oxygen atoms in total. The molecule has 1 atom stereocenters. The number of nitrogens with zero attached hydrogens (tertiary/aromatic N) is 1. The highest BCUT2D eigenvalue weighted by molar-refractivity contribution is 6.34. The molecular weight excluding hydrogens is 305 g/mol. The summed E-state index contributed by atoms with van der Waals surface area (Å²) in [6.45, 7) is 0.204. The van der Waals surface area contributed by atoms with Gasteiger partial charge in [0.05, 0.1) is 0 Å². The second kappa shape index (κ2) is 6.33. The fourth-order valence-electron chi connectivity index (χ4n) is 2.16. The van der Waals surface area contributed by atoms with Gasteiger partial charge in [-0.25, -0.2) is 4.79 Å². The predicted octanol–water partition coefficient (Wildman–Crippen LogP) is 2.45. The lowest BCUT2D eigenvalue weighted by atomic mass is 10.2. The minimum Gasteiger partial charge on any atom is -0.484 e. The highest BCUT2D eigenvalue weighted by atomic mass is 35.5. The van der Waals surface area contributed by atoms with Crippen LogP contribution in [0, 0.1) is 0 Å². The molecule has 1 aromatic carbocycles. The van der Waals surface area contributed by atoms with Gasteiger partial charge in [0, 0.05) is 16.6 Å². The van der Waals surface area contributed by atoms with Crippen LogP contribution in [0.1, 0.15) is 12.8 Å². The number of rotatable bonds is 4. The van der Waals surface area contributed by atoms with E-state index in [1.165, 1.54) is 4.90 Å². The Balaban J connectivity index is 1.96. The van der Waals surface area contributed by atoms with E-state index in [4.69, 9.17) is 33.0 Å². The molecule has 0 aliphatic carbocycles. The van der Waals surface area contributed by atoms with E-state index >= 15 is 0 Å². The van der Waals surface area contributed by atoms with Crippen molar-refractivity contribution in [1.29, 1.82) is 0 Å². The summed E-state index contributed by atoms with van der Waals surface area (Å²) < 4.78 is 5.32. The highest BCUT2D eigenvalue weighted by Crippen LogP contribution is 2.24. The van der Waals surface area contributed by atoms with Gasteiger partial charge >= 0.3 is 5.97 Å². The van der Waals surface area contributed by atoms with Gasteiger partial charge < -0.3 is 14.7 Å². The molecule has 7 heteroatoms. The van der Waals surface area contributed by atoms with Gasteiger partial charge in [0.2, 0.25) is 0 Å². The number of carbonyl (C=O) groups is 2. The van der Waals surface area contributed by atoms with Crippen LogP contribution in [0.5, 0.6) is 5.75 Å². The normalized spacial score (nSPS) is 18.1. The molecule has 1 saturated heterocycles. The molecule has 2 rings (SSSR count). The Morgan fingerprint density at radius 1 is 1.30 bits per heavy atom. The van der Waals surface area contributed by atoms with Crippen molar-refractivity contribution in [2.45, 2.75) is 18.9 Å². The maximum Gasteiger partial charge on any atom is 0.326 e. The van der Waals surface area contributed by atoms with Crippen molar-refractivity contribution in [3.63, 3.8) is 0 Å². The molecular formula is C13H13Cl2NO4. The minimum absolute atomic E-state index is 0.236. The van der Waals surface area contributed by atoms with E-state index in [9.17, 15) is 9.59 Å². The fourth-order valence-corrected chi connectivity index (χ4v) is 2.67. The van der Waals surface area contributed by atoms with Gasteiger partial charge in [0.25, 0.3) is 5.91 Å². The van der Waals surface area contributed by atoms with Crippen LogP contribution in [-0.2, 0) is 9.59 Å². The average Bonchev–Trinajstić information content (AvgIpc) is 2.84. The van der Waals surface area contributed by atoms with Gasteiger partial charge in [0.15, 0.2) is 6.61 Å². The summed E-state index contributed by atoms with van der Waals surface area (Å²) in [5.74, 6) is -0.963. The van der Waals surface area contributed by atoms with Gasteiger partial charge in [0.1, 0.15) is 11.8 Å². The van der Waals surface area contributed by atoms with Gasteiger partial charge in [-0.1, -0.05) is 23.2 Å². The largest absolute Gasteiger partial charge is 0.484 e.